The zero-order chi connectivity index (χ0) is 16.5. The molecule has 5 nitrogen and oxygen atoms in total. The molecule has 2 bridgehead atoms. The van der Waals surface area contributed by atoms with E-state index in [2.05, 4.69) is 12.2 Å². The number of rotatable bonds is 3. The van der Waals surface area contributed by atoms with E-state index in [0.717, 1.165) is 12.0 Å². The predicted molar refractivity (Wildman–Crippen MR) is 85.4 cm³/mol. The fourth-order valence-electron chi connectivity index (χ4n) is 5.62. The maximum Gasteiger partial charge on any atom is 0.241 e. The number of fused-ring (bicyclic) bond motifs is 3. The molecule has 0 spiro atoms. The third-order valence-electron chi connectivity index (χ3n) is 6.49. The molecule has 2 fully saturated rings. The minimum atomic E-state index is -0.845. The van der Waals surface area contributed by atoms with E-state index in [1.165, 1.54) is 4.90 Å². The van der Waals surface area contributed by atoms with Crippen molar-refractivity contribution in [2.45, 2.75) is 12.5 Å². The van der Waals surface area contributed by atoms with Gasteiger partial charge in [0.15, 0.2) is 0 Å². The molecule has 2 aliphatic heterocycles. The predicted octanol–water partition coefficient (Wildman–Crippen LogP) is 1.59. The van der Waals surface area contributed by atoms with E-state index in [-0.39, 0.29) is 23.7 Å². The molecule has 0 N–H and O–H groups in total. The Morgan fingerprint density at radius 2 is 2.12 bits per heavy atom. The standard InChI is InChI=1S/C19H19NO4/c1-23-10-8-20-16(21)18-7-6-12-3-2-9-24-15(12)19(18,17(20)22)14-5-4-13(18)11-14/h2-7,9,13-15H,8,10-11H2,1H3. The number of allylic oxidation sites excluding steroid dienone is 4. The first-order chi connectivity index (χ1) is 11.7. The Kier molecular flexibility index (Phi) is 2.65. The lowest BCUT2D eigenvalue weighted by molar-refractivity contribution is -0.147. The van der Waals surface area contributed by atoms with Crippen LogP contribution in [-0.2, 0) is 19.1 Å². The summed E-state index contributed by atoms with van der Waals surface area (Å²) in [5, 5.41) is 0. The number of ether oxygens (including phenoxy) is 2. The van der Waals surface area contributed by atoms with Crippen LogP contribution in [0, 0.1) is 22.7 Å². The summed E-state index contributed by atoms with van der Waals surface area (Å²) in [6.45, 7) is 0.650. The van der Waals surface area contributed by atoms with Crippen LogP contribution in [0.5, 0.6) is 0 Å². The fraction of sp³-hybridized carbons (Fsp3) is 0.474. The van der Waals surface area contributed by atoms with Crippen molar-refractivity contribution in [2.75, 3.05) is 20.3 Å². The first-order valence-corrected chi connectivity index (χ1v) is 8.43. The molecule has 0 radical (unpaired) electrons. The lowest BCUT2D eigenvalue weighted by Gasteiger charge is -2.48. The first-order valence-electron chi connectivity index (χ1n) is 8.43. The molecule has 3 aliphatic carbocycles. The molecule has 5 unspecified atom stereocenters. The van der Waals surface area contributed by atoms with Gasteiger partial charge in [-0.1, -0.05) is 30.4 Å². The van der Waals surface area contributed by atoms with Crippen molar-refractivity contribution >= 4 is 11.8 Å². The summed E-state index contributed by atoms with van der Waals surface area (Å²) in [6, 6.07) is 0. The van der Waals surface area contributed by atoms with Crippen LogP contribution in [-0.4, -0.2) is 43.1 Å². The lowest BCUT2D eigenvalue weighted by Crippen LogP contribution is -2.57. The van der Waals surface area contributed by atoms with Gasteiger partial charge in [0.1, 0.15) is 11.5 Å². The second-order valence-corrected chi connectivity index (χ2v) is 7.17. The lowest BCUT2D eigenvalue weighted by atomic mass is 9.53. The zero-order valence-corrected chi connectivity index (χ0v) is 13.5. The van der Waals surface area contributed by atoms with Crippen molar-refractivity contribution in [3.8, 4) is 0 Å². The molecule has 5 aliphatic rings. The van der Waals surface area contributed by atoms with Gasteiger partial charge >= 0.3 is 0 Å². The summed E-state index contributed by atoms with van der Waals surface area (Å²) in [5.41, 5.74) is -0.670. The average Bonchev–Trinajstić information content (AvgIpc) is 3.25. The molecule has 2 heterocycles. The molecule has 1 saturated heterocycles. The monoisotopic (exact) mass is 325 g/mol. The second kappa shape index (κ2) is 4.48. The summed E-state index contributed by atoms with van der Waals surface area (Å²) in [4.78, 5) is 28.3. The Morgan fingerprint density at radius 1 is 1.29 bits per heavy atom. The molecule has 0 aromatic carbocycles. The van der Waals surface area contributed by atoms with Crippen LogP contribution in [0.1, 0.15) is 6.42 Å². The maximum atomic E-state index is 13.5. The van der Waals surface area contributed by atoms with Gasteiger partial charge in [0, 0.05) is 7.11 Å². The van der Waals surface area contributed by atoms with Crippen molar-refractivity contribution in [3.63, 3.8) is 0 Å². The van der Waals surface area contributed by atoms with Gasteiger partial charge in [0.25, 0.3) is 0 Å². The molecule has 0 aromatic rings. The number of imide groups is 1. The summed E-state index contributed by atoms with van der Waals surface area (Å²) >= 11 is 0. The van der Waals surface area contributed by atoms with Gasteiger partial charge < -0.3 is 9.47 Å². The van der Waals surface area contributed by atoms with E-state index in [4.69, 9.17) is 9.47 Å². The quantitative estimate of drug-likeness (QED) is 0.584. The van der Waals surface area contributed by atoms with Crippen molar-refractivity contribution in [1.29, 1.82) is 0 Å². The molecule has 5 atom stereocenters. The topological polar surface area (TPSA) is 55.8 Å². The number of carbonyl (C=O) groups is 2. The Labute approximate surface area is 140 Å². The smallest absolute Gasteiger partial charge is 0.241 e. The van der Waals surface area contributed by atoms with Crippen LogP contribution in [0.25, 0.3) is 0 Å². The molecule has 1 saturated carbocycles. The summed E-state index contributed by atoms with van der Waals surface area (Å²) in [5.74, 6) is -0.0815. The van der Waals surface area contributed by atoms with Crippen molar-refractivity contribution < 1.29 is 19.1 Å². The molecule has 5 heteroatoms. The Balaban J connectivity index is 1.73. The van der Waals surface area contributed by atoms with Crippen LogP contribution in [0.15, 0.2) is 48.3 Å². The number of nitrogens with zero attached hydrogens (tertiary/aromatic N) is 1. The largest absolute Gasteiger partial charge is 0.492 e. The number of hydrogen-bond acceptors (Lipinski definition) is 4. The average molecular weight is 325 g/mol. The zero-order valence-electron chi connectivity index (χ0n) is 13.5. The van der Waals surface area contributed by atoms with E-state index in [0.29, 0.717) is 13.2 Å². The fourth-order valence-corrected chi connectivity index (χ4v) is 5.62. The molecule has 124 valence electrons. The summed E-state index contributed by atoms with van der Waals surface area (Å²) in [7, 11) is 1.58. The van der Waals surface area contributed by atoms with Gasteiger partial charge in [0.2, 0.25) is 11.8 Å². The normalized spacial score (nSPS) is 43.6. The van der Waals surface area contributed by atoms with E-state index >= 15 is 0 Å². The van der Waals surface area contributed by atoms with E-state index < -0.39 is 16.9 Å². The minimum absolute atomic E-state index is 0.0383. The molecular formula is C19H19NO4. The third kappa shape index (κ3) is 1.26. The number of likely N-dealkylation sites (tertiary alicyclic amines) is 1. The Morgan fingerprint density at radius 3 is 2.96 bits per heavy atom. The maximum absolute atomic E-state index is 13.5. The Hall–Kier alpha value is -2.14. The van der Waals surface area contributed by atoms with Crippen molar-refractivity contribution in [2.24, 2.45) is 22.7 Å². The van der Waals surface area contributed by atoms with Gasteiger partial charge in [-0.05, 0) is 29.9 Å². The van der Waals surface area contributed by atoms with E-state index in [1.807, 2.05) is 24.3 Å². The van der Waals surface area contributed by atoms with Gasteiger partial charge in [0.05, 0.1) is 24.8 Å². The van der Waals surface area contributed by atoms with Gasteiger partial charge in [-0.3, -0.25) is 14.5 Å². The third-order valence-corrected chi connectivity index (χ3v) is 6.49. The molecule has 2 amide bonds. The van der Waals surface area contributed by atoms with Crippen LogP contribution in [0.4, 0.5) is 0 Å². The van der Waals surface area contributed by atoms with Gasteiger partial charge in [-0.25, -0.2) is 0 Å². The molecule has 5 rings (SSSR count). The summed E-state index contributed by atoms with van der Waals surface area (Å²) in [6.07, 6.45) is 14.1. The number of hydrogen-bond donors (Lipinski definition) is 0. The highest BCUT2D eigenvalue weighted by molar-refractivity contribution is 6.13. The van der Waals surface area contributed by atoms with Crippen LogP contribution < -0.4 is 0 Å². The van der Waals surface area contributed by atoms with Crippen LogP contribution in [0.2, 0.25) is 0 Å². The number of amides is 2. The van der Waals surface area contributed by atoms with E-state index in [1.54, 1.807) is 13.4 Å². The Bertz CT molecular complexity index is 763. The minimum Gasteiger partial charge on any atom is -0.492 e. The SMILES string of the molecule is COCCN1C(=O)C23C=CC4=CC=COC4C2(C1=O)C1C=CC3C1. The van der Waals surface area contributed by atoms with Crippen molar-refractivity contribution in [1.82, 2.24) is 4.90 Å². The van der Waals surface area contributed by atoms with Crippen LogP contribution in [0.3, 0.4) is 0 Å². The number of methoxy groups -OCH3 is 1. The van der Waals surface area contributed by atoms with Crippen molar-refractivity contribution in [3.05, 3.63) is 48.3 Å². The number of carbonyl (C=O) groups excluding carboxylic acids is 2. The van der Waals surface area contributed by atoms with Gasteiger partial charge in [-0.2, -0.15) is 0 Å². The van der Waals surface area contributed by atoms with E-state index in [9.17, 15) is 9.59 Å². The second-order valence-electron chi connectivity index (χ2n) is 7.17. The molecule has 24 heavy (non-hydrogen) atoms. The highest BCUT2D eigenvalue weighted by atomic mass is 16.5. The highest BCUT2D eigenvalue weighted by Crippen LogP contribution is 2.72. The molecule has 0 aromatic heterocycles. The van der Waals surface area contributed by atoms with Crippen LogP contribution >= 0.6 is 0 Å². The first kappa shape index (κ1) is 14.2. The highest BCUT2D eigenvalue weighted by Gasteiger charge is 2.81. The van der Waals surface area contributed by atoms with Gasteiger partial charge in [-0.15, -0.1) is 0 Å². The molecular weight excluding hydrogens is 306 g/mol. The summed E-state index contributed by atoms with van der Waals surface area (Å²) < 4.78 is 11.1.